The molecule has 0 fully saturated rings. The third-order valence-corrected chi connectivity index (χ3v) is 5.19. The highest BCUT2D eigenvalue weighted by molar-refractivity contribution is 7.84. The number of nitrogens with zero attached hydrogens (tertiary/aromatic N) is 2. The molecule has 0 N–H and O–H groups in total. The van der Waals surface area contributed by atoms with Gasteiger partial charge in [-0.1, -0.05) is 18.2 Å². The average Bonchev–Trinajstić information content (AvgIpc) is 3.16. The third-order valence-electron chi connectivity index (χ3n) is 4.00. The van der Waals surface area contributed by atoms with Crippen molar-refractivity contribution in [3.8, 4) is 17.2 Å². The fourth-order valence-corrected chi connectivity index (χ4v) is 3.52. The minimum Gasteiger partial charge on any atom is -0.497 e. The van der Waals surface area contributed by atoms with Crippen LogP contribution in [0.25, 0.3) is 11.5 Å². The van der Waals surface area contributed by atoms with E-state index < -0.39 is 10.8 Å². The van der Waals surface area contributed by atoms with E-state index in [0.717, 1.165) is 17.0 Å². The number of para-hydroxylation sites is 1. The molecule has 3 rings (SSSR count). The van der Waals surface area contributed by atoms with Crippen LogP contribution in [0.4, 0.5) is 5.69 Å². The molecule has 0 saturated carbocycles. The van der Waals surface area contributed by atoms with Crippen LogP contribution >= 0.6 is 0 Å². The molecule has 27 heavy (non-hydrogen) atoms. The summed E-state index contributed by atoms with van der Waals surface area (Å²) in [6.07, 6.45) is 1.48. The first kappa shape index (κ1) is 18.8. The molecule has 0 saturated heterocycles. The Labute approximate surface area is 160 Å². The fraction of sp³-hybridized carbons (Fsp3) is 0.200. The van der Waals surface area contributed by atoms with Crippen molar-refractivity contribution in [2.75, 3.05) is 24.8 Å². The second kappa shape index (κ2) is 8.64. The fourth-order valence-electron chi connectivity index (χ4n) is 2.49. The molecule has 1 atom stereocenters. The summed E-state index contributed by atoms with van der Waals surface area (Å²) in [4.78, 5) is 18.2. The molecule has 0 spiro atoms. The number of carbonyl (C=O) groups is 1. The van der Waals surface area contributed by atoms with Crippen LogP contribution in [0.2, 0.25) is 0 Å². The van der Waals surface area contributed by atoms with Gasteiger partial charge in [-0.15, -0.1) is 0 Å². The van der Waals surface area contributed by atoms with Crippen LogP contribution in [-0.2, 0) is 21.3 Å². The molecule has 6 nitrogen and oxygen atoms in total. The Morgan fingerprint density at radius 3 is 2.52 bits per heavy atom. The lowest BCUT2D eigenvalue weighted by atomic mass is 10.2. The van der Waals surface area contributed by atoms with E-state index in [-0.39, 0.29) is 17.4 Å². The summed E-state index contributed by atoms with van der Waals surface area (Å²) in [5.41, 5.74) is 2.12. The van der Waals surface area contributed by atoms with Gasteiger partial charge in [-0.25, -0.2) is 4.98 Å². The Balaban J connectivity index is 1.59. The predicted molar refractivity (Wildman–Crippen MR) is 105 cm³/mol. The number of ether oxygens (including phenoxy) is 1. The standard InChI is InChI=1S/C20H20N2O4S/c1-22(17-6-4-3-5-7-17)19(23)14-27(24)13-16-12-26-20(21-16)15-8-10-18(25-2)11-9-15/h3-12H,13-14H2,1-2H3/t27-/m0/s1. The highest BCUT2D eigenvalue weighted by Crippen LogP contribution is 2.22. The van der Waals surface area contributed by atoms with Gasteiger partial charge in [-0.3, -0.25) is 9.00 Å². The molecule has 2 aromatic carbocycles. The smallest absolute Gasteiger partial charge is 0.239 e. The zero-order chi connectivity index (χ0) is 19.2. The van der Waals surface area contributed by atoms with Crippen LogP contribution in [0.1, 0.15) is 5.69 Å². The van der Waals surface area contributed by atoms with Gasteiger partial charge in [0.05, 0.1) is 18.6 Å². The van der Waals surface area contributed by atoms with Crippen molar-refractivity contribution in [1.82, 2.24) is 4.98 Å². The third kappa shape index (κ3) is 4.83. The maximum Gasteiger partial charge on any atom is 0.239 e. The summed E-state index contributed by atoms with van der Waals surface area (Å²) >= 11 is 0. The van der Waals surface area contributed by atoms with E-state index in [1.54, 1.807) is 14.2 Å². The molecular weight excluding hydrogens is 364 g/mol. The summed E-state index contributed by atoms with van der Waals surface area (Å²) in [7, 11) is 1.90. The first-order chi connectivity index (χ1) is 13.1. The number of oxazole rings is 1. The highest BCUT2D eigenvalue weighted by atomic mass is 32.2. The summed E-state index contributed by atoms with van der Waals surface area (Å²) in [6.45, 7) is 0. The van der Waals surface area contributed by atoms with Gasteiger partial charge in [0.15, 0.2) is 0 Å². The van der Waals surface area contributed by atoms with Crippen molar-refractivity contribution in [2.24, 2.45) is 0 Å². The van der Waals surface area contributed by atoms with Crippen LogP contribution < -0.4 is 9.64 Å². The van der Waals surface area contributed by atoms with Gasteiger partial charge < -0.3 is 14.1 Å². The molecule has 3 aromatic rings. The van der Waals surface area contributed by atoms with Crippen molar-refractivity contribution in [3.05, 3.63) is 66.6 Å². The number of amides is 1. The van der Waals surface area contributed by atoms with Crippen molar-refractivity contribution in [1.29, 1.82) is 0 Å². The lowest BCUT2D eigenvalue weighted by molar-refractivity contribution is -0.115. The highest BCUT2D eigenvalue weighted by Gasteiger charge is 2.16. The minimum absolute atomic E-state index is 0.0733. The maximum absolute atomic E-state index is 12.4. The molecule has 0 radical (unpaired) electrons. The topological polar surface area (TPSA) is 72.6 Å². The molecule has 1 amide bonds. The second-order valence-corrected chi connectivity index (χ2v) is 7.35. The Kier molecular flexibility index (Phi) is 6.03. The van der Waals surface area contributed by atoms with Crippen LogP contribution in [0.5, 0.6) is 5.75 Å². The van der Waals surface area contributed by atoms with Crippen molar-refractivity contribution >= 4 is 22.4 Å². The van der Waals surface area contributed by atoms with Crippen LogP contribution in [-0.4, -0.2) is 35.0 Å². The number of anilines is 1. The lowest BCUT2D eigenvalue weighted by Crippen LogP contribution is -2.31. The van der Waals surface area contributed by atoms with Gasteiger partial charge in [-0.2, -0.15) is 0 Å². The molecule has 0 aliphatic carbocycles. The van der Waals surface area contributed by atoms with Crippen molar-refractivity contribution in [2.45, 2.75) is 5.75 Å². The number of aromatic nitrogens is 1. The van der Waals surface area contributed by atoms with Gasteiger partial charge in [0.25, 0.3) is 0 Å². The van der Waals surface area contributed by atoms with E-state index in [2.05, 4.69) is 4.98 Å². The van der Waals surface area contributed by atoms with E-state index in [4.69, 9.17) is 9.15 Å². The Morgan fingerprint density at radius 2 is 1.85 bits per heavy atom. The van der Waals surface area contributed by atoms with Crippen LogP contribution in [0, 0.1) is 0 Å². The van der Waals surface area contributed by atoms with Crippen LogP contribution in [0.3, 0.4) is 0 Å². The average molecular weight is 384 g/mol. The number of benzene rings is 2. The number of rotatable bonds is 7. The SMILES string of the molecule is COc1ccc(-c2nc(C[S@](=O)CC(=O)N(C)c3ccccc3)co2)cc1. The second-order valence-electron chi connectivity index (χ2n) is 5.89. The van der Waals surface area contributed by atoms with Gasteiger partial charge in [0.1, 0.15) is 17.8 Å². The molecular formula is C20H20N2O4S. The molecule has 1 heterocycles. The van der Waals surface area contributed by atoms with Crippen molar-refractivity contribution in [3.63, 3.8) is 0 Å². The molecule has 140 valence electrons. The minimum atomic E-state index is -1.38. The molecule has 0 bridgehead atoms. The molecule has 0 aliphatic rings. The summed E-state index contributed by atoms with van der Waals surface area (Å²) in [6, 6.07) is 16.6. The maximum atomic E-state index is 12.4. The van der Waals surface area contributed by atoms with Gasteiger partial charge in [0, 0.05) is 29.1 Å². The van der Waals surface area contributed by atoms with Gasteiger partial charge in [0.2, 0.25) is 11.8 Å². The summed E-state index contributed by atoms with van der Waals surface area (Å²) < 4.78 is 22.9. The first-order valence-electron chi connectivity index (χ1n) is 8.32. The molecule has 7 heteroatoms. The largest absolute Gasteiger partial charge is 0.497 e. The number of hydrogen-bond donors (Lipinski definition) is 0. The zero-order valence-electron chi connectivity index (χ0n) is 15.1. The number of hydrogen-bond acceptors (Lipinski definition) is 5. The van der Waals surface area contributed by atoms with Gasteiger partial charge in [-0.05, 0) is 36.4 Å². The van der Waals surface area contributed by atoms with E-state index in [1.807, 2.05) is 54.6 Å². The monoisotopic (exact) mass is 384 g/mol. The Morgan fingerprint density at radius 1 is 1.15 bits per heavy atom. The van der Waals surface area contributed by atoms with E-state index in [1.165, 1.54) is 11.2 Å². The Hall–Kier alpha value is -2.93. The number of methoxy groups -OCH3 is 1. The van der Waals surface area contributed by atoms with Crippen molar-refractivity contribution < 1.29 is 18.2 Å². The molecule has 1 aromatic heterocycles. The Bertz CT molecular complexity index is 923. The van der Waals surface area contributed by atoms with Gasteiger partial charge >= 0.3 is 0 Å². The first-order valence-corrected chi connectivity index (χ1v) is 9.81. The van der Waals surface area contributed by atoms with E-state index >= 15 is 0 Å². The predicted octanol–water partition coefficient (Wildman–Crippen LogP) is 3.26. The van der Waals surface area contributed by atoms with Crippen LogP contribution in [0.15, 0.2) is 65.3 Å². The normalized spacial score (nSPS) is 11.8. The van der Waals surface area contributed by atoms with E-state index in [9.17, 15) is 9.00 Å². The molecule has 0 unspecified atom stereocenters. The lowest BCUT2D eigenvalue weighted by Gasteiger charge is -2.16. The quantitative estimate of drug-likeness (QED) is 0.625. The number of carbonyl (C=O) groups excluding carboxylic acids is 1. The zero-order valence-corrected chi connectivity index (χ0v) is 15.9. The molecule has 0 aliphatic heterocycles. The summed E-state index contributed by atoms with van der Waals surface area (Å²) in [5, 5.41) is 0. The van der Waals surface area contributed by atoms with E-state index in [0.29, 0.717) is 11.6 Å². The summed E-state index contributed by atoms with van der Waals surface area (Å²) in [5.74, 6) is 1.06.